The minimum absolute atomic E-state index is 0.205. The van der Waals surface area contributed by atoms with Gasteiger partial charge in [-0.25, -0.2) is 4.79 Å². The zero-order valence-electron chi connectivity index (χ0n) is 9.29. The lowest BCUT2D eigenvalue weighted by Gasteiger charge is -2.14. The first-order valence-corrected chi connectivity index (χ1v) is 5.29. The van der Waals surface area contributed by atoms with Crippen molar-refractivity contribution >= 4 is 0 Å². The topological polar surface area (TPSA) is 105 Å². The Bertz CT molecular complexity index is 520. The fourth-order valence-corrected chi connectivity index (χ4v) is 1.85. The van der Waals surface area contributed by atoms with E-state index >= 15 is 0 Å². The highest BCUT2D eigenvalue weighted by atomic mass is 16.7. The first kappa shape index (κ1) is 12.0. The van der Waals surface area contributed by atoms with Crippen LogP contribution < -0.4 is 11.2 Å². The number of nitrogens with one attached hydrogen (secondary N) is 1. The molecule has 1 aliphatic rings. The number of hydrogen-bond donors (Lipinski definition) is 3. The monoisotopic (exact) mass is 247 g/mol. The summed E-state index contributed by atoms with van der Waals surface area (Å²) in [4.78, 5) is 24.9. The zero-order chi connectivity index (χ0) is 12.6. The van der Waals surface area contributed by atoms with Crippen LogP contribution in [0.1, 0.15) is 18.2 Å². The van der Waals surface area contributed by atoms with Crippen LogP contribution in [0.5, 0.6) is 0 Å². The van der Waals surface area contributed by atoms with Crippen molar-refractivity contribution in [3.63, 3.8) is 0 Å². The molecule has 1 aromatic heterocycles. The van der Waals surface area contributed by atoms with Gasteiger partial charge >= 0.3 is 5.69 Å². The van der Waals surface area contributed by atoms with Gasteiger partial charge in [-0.3, -0.25) is 14.3 Å². The van der Waals surface area contributed by atoms with Crippen molar-refractivity contribution in [1.82, 2.24) is 9.55 Å². The van der Waals surface area contributed by atoms with E-state index in [0.717, 1.165) is 0 Å². The minimum atomic E-state index is -0.816. The first-order chi connectivity index (χ1) is 8.02. The van der Waals surface area contributed by atoms with Crippen molar-refractivity contribution in [1.29, 1.82) is 0 Å². The summed E-state index contributed by atoms with van der Waals surface area (Å²) >= 11 is 0. The summed E-state index contributed by atoms with van der Waals surface area (Å²) in [6.07, 6.45) is -0.581. The van der Waals surface area contributed by atoms with Crippen molar-refractivity contribution in [2.45, 2.75) is 31.8 Å². The molecule has 2 heterocycles. The quantitative estimate of drug-likeness (QED) is 0.551. The number of aliphatic hydroxyl groups excluding tert-OH is 2. The van der Waals surface area contributed by atoms with E-state index in [1.54, 1.807) is 6.92 Å². The van der Waals surface area contributed by atoms with Crippen LogP contribution in [-0.2, 0) is 4.74 Å². The third kappa shape index (κ3) is 2.17. The number of aromatic nitrogens is 2. The smallest absolute Gasteiger partial charge is 0.330 e. The van der Waals surface area contributed by atoms with Crippen LogP contribution in [0.25, 0.3) is 0 Å². The predicted molar refractivity (Wildman–Crippen MR) is 57.7 cm³/mol. The molecule has 0 amide bonds. The van der Waals surface area contributed by atoms with Gasteiger partial charge < -0.3 is 14.9 Å². The molecule has 7 heteroatoms. The second-order valence-corrected chi connectivity index (χ2v) is 4.09. The lowest BCUT2D eigenvalue weighted by molar-refractivity contribution is -0.0459. The fourth-order valence-electron chi connectivity index (χ4n) is 1.85. The molecule has 0 aromatic carbocycles. The molecule has 0 unspecified atom stereocenters. The molecule has 1 saturated heterocycles. The molecule has 3 N–H and O–H groups in total. The molecule has 1 fully saturated rings. The van der Waals surface area contributed by atoms with E-state index in [0.29, 0.717) is 5.56 Å². The lowest BCUT2D eigenvalue weighted by Crippen LogP contribution is -2.33. The van der Waals surface area contributed by atoms with E-state index in [4.69, 9.17) is 9.84 Å². The van der Waals surface area contributed by atoms with Crippen LogP contribution in [0.2, 0.25) is 0 Å². The molecular formula is C10H14N2O5. The summed E-state index contributed by atoms with van der Waals surface area (Å²) in [5.41, 5.74) is -0.643. The van der Waals surface area contributed by atoms with Gasteiger partial charge in [0.1, 0.15) is 12.3 Å². The molecule has 1 aromatic rings. The summed E-state index contributed by atoms with van der Waals surface area (Å²) in [5, 5.41) is 18.5. The van der Waals surface area contributed by atoms with Crippen molar-refractivity contribution in [3.8, 4) is 0 Å². The molecule has 17 heavy (non-hydrogen) atoms. The highest BCUT2D eigenvalue weighted by molar-refractivity contribution is 5.02. The van der Waals surface area contributed by atoms with Crippen LogP contribution in [0.4, 0.5) is 0 Å². The first-order valence-electron chi connectivity index (χ1n) is 5.29. The van der Waals surface area contributed by atoms with Gasteiger partial charge in [0.25, 0.3) is 5.56 Å². The Morgan fingerprint density at radius 1 is 1.59 bits per heavy atom. The standard InChI is InChI=1S/C10H14N2O5/c1-5-3-12(10(16)11-9(5)15)8-2-6(14)7(4-13)17-8/h3,6-8,13-14H,2,4H2,1H3,(H,11,15,16)/t6-,7+,8+/m0/s1/i2+1,4+1,6+1,7+1,8+1. The number of H-pyrrole nitrogens is 1. The molecule has 0 saturated carbocycles. The van der Waals surface area contributed by atoms with E-state index < -0.39 is 29.7 Å². The molecule has 2 rings (SSSR count). The number of nitrogens with zero attached hydrogens (tertiary/aromatic N) is 1. The third-order valence-corrected chi connectivity index (χ3v) is 2.84. The fraction of sp³-hybridized carbons (Fsp3) is 0.600. The summed E-state index contributed by atoms with van der Waals surface area (Å²) in [6, 6.07) is 0. The zero-order valence-corrected chi connectivity index (χ0v) is 9.29. The summed E-state index contributed by atoms with van der Waals surface area (Å²) < 4.78 is 6.54. The molecular weight excluding hydrogens is 233 g/mol. The molecule has 94 valence electrons. The molecule has 0 aliphatic carbocycles. The largest absolute Gasteiger partial charge is 0.394 e. The molecule has 0 radical (unpaired) electrons. The van der Waals surface area contributed by atoms with Gasteiger partial charge in [-0.05, 0) is 6.92 Å². The van der Waals surface area contributed by atoms with E-state index in [-0.39, 0.29) is 13.0 Å². The maximum absolute atomic E-state index is 11.6. The molecule has 0 bridgehead atoms. The van der Waals surface area contributed by atoms with Crippen LogP contribution >= 0.6 is 0 Å². The van der Waals surface area contributed by atoms with Gasteiger partial charge in [0.15, 0.2) is 0 Å². The SMILES string of the molecule is Cc1cn([13C@H]2[13CH2][13C@H](O)[13C@@H]([13CH2]O)O2)c(=O)[nH]c1=O. The van der Waals surface area contributed by atoms with Crippen molar-refractivity contribution in [3.05, 3.63) is 32.6 Å². The van der Waals surface area contributed by atoms with Gasteiger partial charge in [-0.15, -0.1) is 0 Å². The second kappa shape index (κ2) is 4.44. The van der Waals surface area contributed by atoms with Crippen molar-refractivity contribution in [2.24, 2.45) is 0 Å². The molecule has 1 aliphatic heterocycles. The Kier molecular flexibility index (Phi) is 3.14. The number of aryl methyl sites for hydroxylation is 1. The van der Waals surface area contributed by atoms with Crippen molar-refractivity contribution < 1.29 is 14.9 Å². The average molecular weight is 247 g/mol. The van der Waals surface area contributed by atoms with Crippen LogP contribution in [0, 0.1) is 6.92 Å². The van der Waals surface area contributed by atoms with Gasteiger partial charge in [0.2, 0.25) is 0 Å². The third-order valence-electron chi connectivity index (χ3n) is 2.84. The van der Waals surface area contributed by atoms with E-state index in [2.05, 4.69) is 4.98 Å². The lowest BCUT2D eigenvalue weighted by atomic mass is 10.4. The highest BCUT2D eigenvalue weighted by Crippen LogP contribution is 2.27. The Hall–Kier alpha value is -1.44. The van der Waals surface area contributed by atoms with E-state index in [1.807, 2.05) is 0 Å². The number of rotatable bonds is 2. The molecule has 3 atom stereocenters. The van der Waals surface area contributed by atoms with Gasteiger partial charge in [0.05, 0.1) is 12.7 Å². The summed E-state index contributed by atoms with van der Waals surface area (Å²) in [7, 11) is 0. The summed E-state index contributed by atoms with van der Waals surface area (Å²) in [6.45, 7) is 1.26. The number of aliphatic hydroxyl groups is 2. The maximum Gasteiger partial charge on any atom is 0.330 e. The van der Waals surface area contributed by atoms with Crippen LogP contribution in [0.3, 0.4) is 0 Å². The Morgan fingerprint density at radius 3 is 2.88 bits per heavy atom. The Labute approximate surface area is 96.3 Å². The number of aromatic amines is 1. The average Bonchev–Trinajstić information content (AvgIpc) is 2.65. The minimum Gasteiger partial charge on any atom is -0.394 e. The highest BCUT2D eigenvalue weighted by Gasteiger charge is 2.34. The van der Waals surface area contributed by atoms with Crippen LogP contribution in [0.15, 0.2) is 15.8 Å². The Morgan fingerprint density at radius 2 is 2.29 bits per heavy atom. The second-order valence-electron chi connectivity index (χ2n) is 4.09. The Balaban J connectivity index is 2.34. The number of hydrogen-bond acceptors (Lipinski definition) is 5. The van der Waals surface area contributed by atoms with E-state index in [9.17, 15) is 14.7 Å². The van der Waals surface area contributed by atoms with Gasteiger partial charge in [0, 0.05) is 18.2 Å². The number of ether oxygens (including phenoxy) is 1. The van der Waals surface area contributed by atoms with Gasteiger partial charge in [-0.2, -0.15) is 0 Å². The summed E-state index contributed by atoms with van der Waals surface area (Å²) in [5.74, 6) is 0. The maximum atomic E-state index is 11.6. The van der Waals surface area contributed by atoms with Crippen LogP contribution in [-0.4, -0.2) is 38.6 Å². The molecule has 0 spiro atoms. The molecule has 7 nitrogen and oxygen atoms in total. The van der Waals surface area contributed by atoms with Gasteiger partial charge in [-0.1, -0.05) is 0 Å². The normalized spacial score (nSPS) is 28.5. The van der Waals surface area contributed by atoms with Crippen molar-refractivity contribution in [2.75, 3.05) is 6.61 Å². The van der Waals surface area contributed by atoms with E-state index in [1.165, 1.54) is 10.8 Å². The predicted octanol–water partition coefficient (Wildman–Crippen LogP) is -1.51.